The number of rotatable bonds is 9. The lowest BCUT2D eigenvalue weighted by Crippen LogP contribution is -2.05. The molecule has 2 aromatic rings. The molecule has 3 rings (SSSR count). The molecule has 0 saturated heterocycles. The third-order valence-corrected chi connectivity index (χ3v) is 6.98. The zero-order valence-corrected chi connectivity index (χ0v) is 21.4. The Bertz CT molecular complexity index is 878. The molecule has 4 heteroatoms. The second kappa shape index (κ2) is 17.3. The van der Waals surface area contributed by atoms with Crippen LogP contribution in [-0.4, -0.2) is 23.6 Å². The molecule has 1 heterocycles. The summed E-state index contributed by atoms with van der Waals surface area (Å²) in [7, 11) is 1.00. The first-order valence-corrected chi connectivity index (χ1v) is 12.9. The first-order chi connectivity index (χ1) is 16.0. The predicted octanol–water partition coefficient (Wildman–Crippen LogP) is 8.02. The third-order valence-electron chi connectivity index (χ3n) is 5.76. The highest BCUT2D eigenvalue weighted by Gasteiger charge is 2.14. The van der Waals surface area contributed by atoms with E-state index in [1.807, 2.05) is 31.2 Å². The maximum atomic E-state index is 10.3. The van der Waals surface area contributed by atoms with Crippen LogP contribution in [-0.2, 0) is 11.2 Å². The van der Waals surface area contributed by atoms with E-state index in [0.717, 1.165) is 49.3 Å². The van der Waals surface area contributed by atoms with Crippen molar-refractivity contribution in [2.75, 3.05) is 7.11 Å². The second-order valence-electron chi connectivity index (χ2n) is 8.54. The highest BCUT2D eigenvalue weighted by atomic mass is 32.1. The van der Waals surface area contributed by atoms with Crippen molar-refractivity contribution in [1.82, 2.24) is 0 Å². The molecule has 0 aliphatic heterocycles. The Labute approximate surface area is 204 Å². The molecular formula is C29H42O3S. The first-order valence-electron chi connectivity index (χ1n) is 12.1. The van der Waals surface area contributed by atoms with Gasteiger partial charge in [-0.3, -0.25) is 0 Å². The summed E-state index contributed by atoms with van der Waals surface area (Å²) >= 11 is 1.73. The van der Waals surface area contributed by atoms with Gasteiger partial charge in [-0.25, -0.2) is 0 Å². The number of allylic oxidation sites excluding steroid dienone is 5. The molecule has 2 atom stereocenters. The van der Waals surface area contributed by atoms with E-state index in [2.05, 4.69) is 37.8 Å². The van der Waals surface area contributed by atoms with Crippen molar-refractivity contribution in [3.63, 3.8) is 0 Å². The lowest BCUT2D eigenvalue weighted by Gasteiger charge is -2.20. The lowest BCUT2D eigenvalue weighted by molar-refractivity contribution is -0.107. The number of hydrogen-bond acceptors (Lipinski definition) is 4. The van der Waals surface area contributed by atoms with Gasteiger partial charge in [0.2, 0.25) is 0 Å². The molecule has 1 saturated carbocycles. The monoisotopic (exact) mass is 470 g/mol. The summed E-state index contributed by atoms with van der Waals surface area (Å²) in [6, 6.07) is 8.11. The van der Waals surface area contributed by atoms with Crippen molar-refractivity contribution in [1.29, 1.82) is 0 Å². The standard InChI is InChI=1S/C21H26OS.C7H12O.CH4O/c1-15(10-12-17-7-5-6-16(2)14-17)11-13-20-21(22)18-8-3-4-9-19(18)23-20;1-2-3-4-5-6-7-8;1-2/h3-4,8-10,12,15,17,22H,2,5-7,11,13-14H2,1H3;2-3,7H,4-6H2,1H3;2H,1H3/b12-10+;;. The van der Waals surface area contributed by atoms with Crippen LogP contribution in [0.1, 0.15) is 70.1 Å². The molecule has 1 aromatic heterocycles. The van der Waals surface area contributed by atoms with E-state index >= 15 is 0 Å². The van der Waals surface area contributed by atoms with Gasteiger partial charge in [-0.2, -0.15) is 0 Å². The number of fused-ring (bicyclic) bond motifs is 1. The van der Waals surface area contributed by atoms with Crippen LogP contribution < -0.4 is 0 Å². The molecule has 1 fully saturated rings. The van der Waals surface area contributed by atoms with Crippen LogP contribution in [0.2, 0.25) is 0 Å². The van der Waals surface area contributed by atoms with Crippen molar-refractivity contribution < 1.29 is 15.0 Å². The van der Waals surface area contributed by atoms with Gasteiger partial charge in [-0.1, -0.05) is 55.5 Å². The molecule has 2 unspecified atom stereocenters. The van der Waals surface area contributed by atoms with Gasteiger partial charge in [-0.05, 0) is 82.3 Å². The van der Waals surface area contributed by atoms with Crippen LogP contribution in [0.5, 0.6) is 5.75 Å². The fourth-order valence-electron chi connectivity index (χ4n) is 3.89. The highest BCUT2D eigenvalue weighted by molar-refractivity contribution is 7.19. The largest absolute Gasteiger partial charge is 0.506 e. The van der Waals surface area contributed by atoms with E-state index < -0.39 is 0 Å². The van der Waals surface area contributed by atoms with Crippen LogP contribution in [0.4, 0.5) is 0 Å². The molecule has 1 aliphatic carbocycles. The number of hydrogen-bond donors (Lipinski definition) is 2. The summed E-state index contributed by atoms with van der Waals surface area (Å²) in [5, 5.41) is 18.3. The number of unbranched alkanes of at least 4 members (excludes halogenated alkanes) is 2. The summed E-state index contributed by atoms with van der Waals surface area (Å²) in [5.74, 6) is 1.73. The topological polar surface area (TPSA) is 57.5 Å². The minimum atomic E-state index is 0.491. The van der Waals surface area contributed by atoms with Gasteiger partial charge in [0.05, 0.1) is 0 Å². The minimum Gasteiger partial charge on any atom is -0.506 e. The number of thiophene rings is 1. The van der Waals surface area contributed by atoms with E-state index in [0.29, 0.717) is 24.0 Å². The zero-order valence-electron chi connectivity index (χ0n) is 20.6. The number of carbonyl (C=O) groups excluding carboxylic acids is 1. The van der Waals surface area contributed by atoms with Crippen molar-refractivity contribution in [3.8, 4) is 5.75 Å². The van der Waals surface area contributed by atoms with Gasteiger partial charge in [0, 0.05) is 28.5 Å². The van der Waals surface area contributed by atoms with Crippen molar-refractivity contribution in [3.05, 3.63) is 65.6 Å². The van der Waals surface area contributed by atoms with Gasteiger partial charge in [0.25, 0.3) is 0 Å². The molecule has 0 radical (unpaired) electrons. The number of aryl methyl sites for hydroxylation is 1. The fourth-order valence-corrected chi connectivity index (χ4v) is 5.01. The molecule has 2 N–H and O–H groups in total. The van der Waals surface area contributed by atoms with Crippen molar-refractivity contribution in [2.45, 2.75) is 71.6 Å². The van der Waals surface area contributed by atoms with Crippen LogP contribution >= 0.6 is 11.3 Å². The number of carbonyl (C=O) groups is 1. The number of benzene rings is 1. The van der Waals surface area contributed by atoms with E-state index in [1.54, 1.807) is 11.3 Å². The Hall–Kier alpha value is -2.17. The molecule has 1 aliphatic rings. The summed E-state index contributed by atoms with van der Waals surface area (Å²) in [6.07, 6.45) is 19.6. The van der Waals surface area contributed by atoms with Crippen molar-refractivity contribution in [2.24, 2.45) is 11.8 Å². The first kappa shape index (κ1) is 28.9. The van der Waals surface area contributed by atoms with E-state index in [1.165, 1.54) is 36.0 Å². The van der Waals surface area contributed by atoms with E-state index in [-0.39, 0.29) is 0 Å². The van der Waals surface area contributed by atoms with Crippen LogP contribution in [0.3, 0.4) is 0 Å². The molecule has 33 heavy (non-hydrogen) atoms. The smallest absolute Gasteiger partial charge is 0.137 e. The SMILES string of the molecule is C=C1CCCC(/C=C/C(C)CCc2sc3ccccc3c2O)C1.CC=CCCCC=O.CO. The summed E-state index contributed by atoms with van der Waals surface area (Å²) in [6.45, 7) is 8.40. The van der Waals surface area contributed by atoms with E-state index in [4.69, 9.17) is 5.11 Å². The second-order valence-corrected chi connectivity index (χ2v) is 9.68. The predicted molar refractivity (Wildman–Crippen MR) is 144 cm³/mol. The Balaban J connectivity index is 0.000000464. The summed E-state index contributed by atoms with van der Waals surface area (Å²) < 4.78 is 1.18. The number of aliphatic hydroxyl groups excluding tert-OH is 1. The van der Waals surface area contributed by atoms with Gasteiger partial charge in [0.1, 0.15) is 12.0 Å². The highest BCUT2D eigenvalue weighted by Crippen LogP contribution is 2.37. The lowest BCUT2D eigenvalue weighted by atomic mass is 9.85. The summed E-state index contributed by atoms with van der Waals surface area (Å²) in [4.78, 5) is 10.9. The van der Waals surface area contributed by atoms with Crippen LogP contribution in [0, 0.1) is 11.8 Å². The molecule has 182 valence electrons. The molecule has 3 nitrogen and oxygen atoms in total. The van der Waals surface area contributed by atoms with Crippen LogP contribution in [0.15, 0.2) is 60.7 Å². The Kier molecular flexibility index (Phi) is 15.2. The molecule has 0 bridgehead atoms. The van der Waals surface area contributed by atoms with Crippen molar-refractivity contribution >= 4 is 27.7 Å². The molecule has 0 amide bonds. The molecule has 1 aromatic carbocycles. The maximum absolute atomic E-state index is 10.3. The summed E-state index contributed by atoms with van der Waals surface area (Å²) in [5.41, 5.74) is 1.41. The Morgan fingerprint density at radius 1 is 1.24 bits per heavy atom. The average Bonchev–Trinajstić information content (AvgIpc) is 3.16. The zero-order chi connectivity index (χ0) is 24.5. The number of aliphatic hydroxyl groups is 1. The van der Waals surface area contributed by atoms with Gasteiger partial charge in [-0.15, -0.1) is 11.3 Å². The Morgan fingerprint density at radius 2 is 2.00 bits per heavy atom. The average molecular weight is 471 g/mol. The number of aldehydes is 1. The third kappa shape index (κ3) is 11.0. The maximum Gasteiger partial charge on any atom is 0.137 e. The van der Waals surface area contributed by atoms with Gasteiger partial charge < -0.3 is 15.0 Å². The van der Waals surface area contributed by atoms with Crippen LogP contribution in [0.25, 0.3) is 10.1 Å². The minimum absolute atomic E-state index is 0.491. The normalized spacial score (nSPS) is 16.8. The quantitative estimate of drug-likeness (QED) is 0.222. The number of aromatic hydroxyl groups is 1. The van der Waals surface area contributed by atoms with Gasteiger partial charge in [0.15, 0.2) is 0 Å². The fraction of sp³-hybridized carbons (Fsp3) is 0.483. The van der Waals surface area contributed by atoms with Gasteiger partial charge >= 0.3 is 0 Å². The Morgan fingerprint density at radius 3 is 2.67 bits per heavy atom. The molecule has 0 spiro atoms. The van der Waals surface area contributed by atoms with E-state index in [9.17, 15) is 9.90 Å². The molecular weight excluding hydrogens is 428 g/mol.